The van der Waals surface area contributed by atoms with Crippen molar-refractivity contribution in [3.8, 4) is 0 Å². The van der Waals surface area contributed by atoms with Crippen molar-refractivity contribution in [3.05, 3.63) is 53.8 Å². The number of sulfonamides is 1. The van der Waals surface area contributed by atoms with E-state index in [1.807, 2.05) is 4.72 Å². The molecule has 0 aliphatic heterocycles. The molecule has 0 saturated heterocycles. The van der Waals surface area contributed by atoms with E-state index in [2.05, 4.69) is 0 Å². The normalized spacial score (nSPS) is 11.3. The minimum atomic E-state index is -4.32. The molecule has 0 aromatic heterocycles. The molecule has 20 heavy (non-hydrogen) atoms. The third-order valence-electron chi connectivity index (χ3n) is 2.38. The molecule has 4 nitrogen and oxygen atoms in total. The number of hydrogen-bond donors (Lipinski definition) is 2. The summed E-state index contributed by atoms with van der Waals surface area (Å²) in [5.74, 6) is -2.98. The summed E-state index contributed by atoms with van der Waals surface area (Å²) in [6, 6.07) is 5.04. The number of anilines is 2. The smallest absolute Gasteiger partial charge is 0.262 e. The van der Waals surface area contributed by atoms with E-state index in [4.69, 9.17) is 5.73 Å². The van der Waals surface area contributed by atoms with Gasteiger partial charge in [-0.3, -0.25) is 4.72 Å². The molecular weight excluding hydrogens is 293 g/mol. The van der Waals surface area contributed by atoms with Crippen LogP contribution >= 0.6 is 0 Å². The third-order valence-corrected chi connectivity index (χ3v) is 3.73. The molecule has 8 heteroatoms. The van der Waals surface area contributed by atoms with Crippen LogP contribution < -0.4 is 10.5 Å². The van der Waals surface area contributed by atoms with Gasteiger partial charge in [-0.05, 0) is 30.3 Å². The minimum Gasteiger partial charge on any atom is -0.399 e. The number of nitrogens with one attached hydrogen (secondary N) is 1. The lowest BCUT2D eigenvalue weighted by atomic mass is 10.3. The number of benzene rings is 2. The van der Waals surface area contributed by atoms with Crippen LogP contribution in [0.2, 0.25) is 0 Å². The number of hydrogen-bond acceptors (Lipinski definition) is 3. The zero-order valence-electron chi connectivity index (χ0n) is 9.90. The maximum absolute atomic E-state index is 13.4. The van der Waals surface area contributed by atoms with Crippen LogP contribution in [-0.2, 0) is 10.0 Å². The second-order valence-corrected chi connectivity index (χ2v) is 5.63. The van der Waals surface area contributed by atoms with Gasteiger partial charge in [-0.15, -0.1) is 0 Å². The highest BCUT2D eigenvalue weighted by atomic mass is 32.2. The number of rotatable bonds is 3. The third kappa shape index (κ3) is 3.02. The van der Waals surface area contributed by atoms with E-state index < -0.39 is 38.1 Å². The van der Waals surface area contributed by atoms with Gasteiger partial charge in [-0.2, -0.15) is 0 Å². The van der Waals surface area contributed by atoms with Crippen molar-refractivity contribution in [1.29, 1.82) is 0 Å². The predicted octanol–water partition coefficient (Wildman–Crippen LogP) is 2.49. The standard InChI is InChI=1S/C12H9F3N2O2S/c13-7-3-8(14)5-10(4-7)20(18,19)17-12-6-9(16)1-2-11(12)15/h1-6,17H,16H2. The summed E-state index contributed by atoms with van der Waals surface area (Å²) < 4.78 is 65.2. The summed E-state index contributed by atoms with van der Waals surface area (Å²) in [5.41, 5.74) is 5.14. The van der Waals surface area contributed by atoms with Gasteiger partial charge in [0, 0.05) is 11.8 Å². The molecule has 0 bridgehead atoms. The lowest BCUT2D eigenvalue weighted by Crippen LogP contribution is -2.14. The van der Waals surface area contributed by atoms with E-state index in [0.717, 1.165) is 12.1 Å². The highest BCUT2D eigenvalue weighted by molar-refractivity contribution is 7.92. The van der Waals surface area contributed by atoms with E-state index >= 15 is 0 Å². The topological polar surface area (TPSA) is 72.2 Å². The second kappa shape index (κ2) is 5.04. The molecule has 0 fully saturated rings. The van der Waals surface area contributed by atoms with Crippen molar-refractivity contribution in [2.45, 2.75) is 4.90 Å². The lowest BCUT2D eigenvalue weighted by molar-refractivity contribution is 0.568. The van der Waals surface area contributed by atoms with Gasteiger partial charge in [0.05, 0.1) is 10.6 Å². The molecule has 0 unspecified atom stereocenters. The van der Waals surface area contributed by atoms with Gasteiger partial charge in [-0.1, -0.05) is 0 Å². The molecule has 2 rings (SSSR count). The van der Waals surface area contributed by atoms with E-state index in [0.29, 0.717) is 18.2 Å². The summed E-state index contributed by atoms with van der Waals surface area (Å²) in [6.07, 6.45) is 0. The molecule has 3 N–H and O–H groups in total. The van der Waals surface area contributed by atoms with Crippen LogP contribution in [0.5, 0.6) is 0 Å². The van der Waals surface area contributed by atoms with Gasteiger partial charge in [0.25, 0.3) is 10.0 Å². The summed E-state index contributed by atoms with van der Waals surface area (Å²) in [4.78, 5) is -0.656. The van der Waals surface area contributed by atoms with Gasteiger partial charge in [0.15, 0.2) is 0 Å². The van der Waals surface area contributed by atoms with E-state index in [-0.39, 0.29) is 5.69 Å². The Morgan fingerprint density at radius 1 is 0.950 bits per heavy atom. The van der Waals surface area contributed by atoms with Crippen LogP contribution in [-0.4, -0.2) is 8.42 Å². The van der Waals surface area contributed by atoms with Crippen LogP contribution in [0.15, 0.2) is 41.3 Å². The SMILES string of the molecule is Nc1ccc(F)c(NS(=O)(=O)c2cc(F)cc(F)c2)c1. The first-order valence-corrected chi connectivity index (χ1v) is 6.80. The fourth-order valence-electron chi connectivity index (χ4n) is 1.51. The van der Waals surface area contributed by atoms with Crippen LogP contribution in [0.1, 0.15) is 0 Å². The molecule has 106 valence electrons. The lowest BCUT2D eigenvalue weighted by Gasteiger charge is -2.09. The van der Waals surface area contributed by atoms with Crippen molar-refractivity contribution in [3.63, 3.8) is 0 Å². The first kappa shape index (κ1) is 14.2. The fourth-order valence-corrected chi connectivity index (χ4v) is 2.61. The Balaban J connectivity index is 2.43. The van der Waals surface area contributed by atoms with Crippen LogP contribution in [0, 0.1) is 17.5 Å². The molecule has 0 aliphatic rings. The molecule has 0 amide bonds. The Kier molecular flexibility index (Phi) is 3.58. The number of nitrogen functional groups attached to an aromatic ring is 1. The molecule has 0 atom stereocenters. The van der Waals surface area contributed by atoms with Gasteiger partial charge in [-0.25, -0.2) is 21.6 Å². The fraction of sp³-hybridized carbons (Fsp3) is 0. The first-order chi connectivity index (χ1) is 9.28. The summed E-state index contributed by atoms with van der Waals surface area (Å²) in [7, 11) is -4.32. The molecule has 0 radical (unpaired) electrons. The zero-order valence-corrected chi connectivity index (χ0v) is 10.7. The van der Waals surface area contributed by atoms with Gasteiger partial charge in [0.2, 0.25) is 0 Å². The van der Waals surface area contributed by atoms with Crippen LogP contribution in [0.25, 0.3) is 0 Å². The van der Waals surface area contributed by atoms with Crippen molar-refractivity contribution in [1.82, 2.24) is 0 Å². The van der Waals surface area contributed by atoms with Crippen molar-refractivity contribution < 1.29 is 21.6 Å². The van der Waals surface area contributed by atoms with Crippen LogP contribution in [0.4, 0.5) is 24.5 Å². The monoisotopic (exact) mass is 302 g/mol. The molecule has 2 aromatic carbocycles. The molecule has 2 aromatic rings. The quantitative estimate of drug-likeness (QED) is 0.856. The molecule has 0 heterocycles. The molecule has 0 aliphatic carbocycles. The Bertz CT molecular complexity index is 743. The van der Waals surface area contributed by atoms with E-state index in [1.165, 1.54) is 6.07 Å². The first-order valence-electron chi connectivity index (χ1n) is 5.32. The van der Waals surface area contributed by atoms with Crippen LogP contribution in [0.3, 0.4) is 0 Å². The highest BCUT2D eigenvalue weighted by Crippen LogP contribution is 2.22. The summed E-state index contributed by atoms with van der Waals surface area (Å²) >= 11 is 0. The molecule has 0 saturated carbocycles. The van der Waals surface area contributed by atoms with Crippen molar-refractivity contribution in [2.75, 3.05) is 10.5 Å². The average molecular weight is 302 g/mol. The largest absolute Gasteiger partial charge is 0.399 e. The van der Waals surface area contributed by atoms with Gasteiger partial charge >= 0.3 is 0 Å². The Morgan fingerprint density at radius 3 is 2.15 bits per heavy atom. The Morgan fingerprint density at radius 2 is 1.55 bits per heavy atom. The zero-order chi connectivity index (χ0) is 14.9. The average Bonchev–Trinajstić information content (AvgIpc) is 2.32. The predicted molar refractivity (Wildman–Crippen MR) is 68.0 cm³/mol. The maximum Gasteiger partial charge on any atom is 0.262 e. The summed E-state index contributed by atoms with van der Waals surface area (Å²) in [5, 5.41) is 0. The number of halogens is 3. The Hall–Kier alpha value is -2.22. The highest BCUT2D eigenvalue weighted by Gasteiger charge is 2.18. The van der Waals surface area contributed by atoms with Gasteiger partial charge < -0.3 is 5.73 Å². The van der Waals surface area contributed by atoms with Crippen molar-refractivity contribution in [2.24, 2.45) is 0 Å². The minimum absolute atomic E-state index is 0.134. The number of nitrogens with two attached hydrogens (primary N) is 1. The second-order valence-electron chi connectivity index (χ2n) is 3.95. The molecule has 0 spiro atoms. The van der Waals surface area contributed by atoms with Crippen molar-refractivity contribution >= 4 is 21.4 Å². The van der Waals surface area contributed by atoms with Gasteiger partial charge in [0.1, 0.15) is 17.5 Å². The van der Waals surface area contributed by atoms with E-state index in [1.54, 1.807) is 0 Å². The Labute approximate surface area is 113 Å². The molecular formula is C12H9F3N2O2S. The van der Waals surface area contributed by atoms with E-state index in [9.17, 15) is 21.6 Å². The maximum atomic E-state index is 13.4. The summed E-state index contributed by atoms with van der Waals surface area (Å²) in [6.45, 7) is 0.